The van der Waals surface area contributed by atoms with E-state index in [0.717, 1.165) is 31.6 Å². The van der Waals surface area contributed by atoms with Crippen molar-refractivity contribution in [1.29, 1.82) is 0 Å². The van der Waals surface area contributed by atoms with Gasteiger partial charge in [0.25, 0.3) is 0 Å². The fraction of sp³-hybridized carbons (Fsp3) is 0.632. The molecule has 2 aliphatic heterocycles. The Balaban J connectivity index is 1.77. The van der Waals surface area contributed by atoms with Crippen LogP contribution in [0.3, 0.4) is 0 Å². The number of carbonyl (C=O) groups is 1. The summed E-state index contributed by atoms with van der Waals surface area (Å²) < 4.78 is 13.3. The number of hydrogen-bond donors (Lipinski definition) is 0. The highest BCUT2D eigenvalue weighted by Gasteiger charge is 2.48. The van der Waals surface area contributed by atoms with Crippen LogP contribution in [-0.4, -0.2) is 61.0 Å². The average Bonchev–Trinajstić information content (AvgIpc) is 2.76. The van der Waals surface area contributed by atoms with Gasteiger partial charge >= 0.3 is 0 Å². The van der Waals surface area contributed by atoms with E-state index >= 15 is 0 Å². The molecule has 0 N–H and O–H groups in total. The fourth-order valence-corrected chi connectivity index (χ4v) is 4.49. The molecule has 0 bridgehead atoms. The van der Waals surface area contributed by atoms with Crippen molar-refractivity contribution in [2.24, 2.45) is 5.92 Å². The van der Waals surface area contributed by atoms with Crippen LogP contribution in [0.2, 0.25) is 0 Å². The molecular weight excluding hydrogens is 305 g/mol. The predicted octanol–water partition coefficient (Wildman–Crippen LogP) is 2.59. The van der Waals surface area contributed by atoms with Crippen molar-refractivity contribution in [2.45, 2.75) is 38.3 Å². The molecule has 0 aliphatic carbocycles. The van der Waals surface area contributed by atoms with Crippen molar-refractivity contribution in [3.8, 4) is 0 Å². The zero-order chi connectivity index (χ0) is 17.5. The maximum Gasteiger partial charge on any atom is 0.236 e. The molecular formula is C19H28FN3O. The molecule has 0 unspecified atom stereocenters. The summed E-state index contributed by atoms with van der Waals surface area (Å²) >= 11 is 0. The first-order valence-corrected chi connectivity index (χ1v) is 8.75. The van der Waals surface area contributed by atoms with E-state index in [1.54, 1.807) is 0 Å². The monoisotopic (exact) mass is 333 g/mol. The Bertz CT molecular complexity index is 599. The summed E-state index contributed by atoms with van der Waals surface area (Å²) in [7, 11) is 3.86. The molecule has 0 radical (unpaired) electrons. The predicted molar refractivity (Wildman–Crippen MR) is 94.6 cm³/mol. The normalized spacial score (nSPS) is 25.9. The third kappa shape index (κ3) is 3.27. The van der Waals surface area contributed by atoms with Crippen molar-refractivity contribution in [2.75, 3.05) is 38.6 Å². The first-order chi connectivity index (χ1) is 11.3. The van der Waals surface area contributed by atoms with Gasteiger partial charge < -0.3 is 14.7 Å². The minimum atomic E-state index is -0.198. The number of amides is 1. The molecule has 0 saturated carbocycles. The molecule has 1 aromatic carbocycles. The Morgan fingerprint density at radius 1 is 1.29 bits per heavy atom. The Kier molecular flexibility index (Phi) is 4.56. The van der Waals surface area contributed by atoms with Crippen LogP contribution < -0.4 is 4.90 Å². The number of nitrogens with zero attached hydrogens (tertiary/aromatic N) is 3. The van der Waals surface area contributed by atoms with Crippen molar-refractivity contribution in [3.63, 3.8) is 0 Å². The van der Waals surface area contributed by atoms with Crippen molar-refractivity contribution >= 4 is 11.6 Å². The number of likely N-dealkylation sites (N-methyl/N-ethyl adjacent to an activating group) is 1. The molecule has 1 aromatic rings. The van der Waals surface area contributed by atoms with Crippen LogP contribution in [0.25, 0.3) is 0 Å². The number of fused-ring (bicyclic) bond motifs is 1. The van der Waals surface area contributed by atoms with Gasteiger partial charge in [-0.15, -0.1) is 0 Å². The Labute approximate surface area is 144 Å². The second kappa shape index (κ2) is 6.36. The summed E-state index contributed by atoms with van der Waals surface area (Å²) in [4.78, 5) is 18.8. The van der Waals surface area contributed by atoms with Crippen LogP contribution in [0.1, 0.15) is 26.7 Å². The van der Waals surface area contributed by atoms with Crippen molar-refractivity contribution in [1.82, 2.24) is 9.80 Å². The van der Waals surface area contributed by atoms with Crippen LogP contribution in [0.15, 0.2) is 24.3 Å². The summed E-state index contributed by atoms with van der Waals surface area (Å²) in [6.45, 7) is 6.61. The smallest absolute Gasteiger partial charge is 0.236 e. The maximum atomic E-state index is 13.3. The molecule has 4 nitrogen and oxygen atoms in total. The summed E-state index contributed by atoms with van der Waals surface area (Å²) in [5.74, 6) is 0.498. The molecule has 1 amide bonds. The van der Waals surface area contributed by atoms with Crippen LogP contribution in [-0.2, 0) is 4.79 Å². The number of rotatable bonds is 3. The van der Waals surface area contributed by atoms with E-state index in [-0.39, 0.29) is 17.3 Å². The molecule has 2 heterocycles. The minimum Gasteiger partial charge on any atom is -0.363 e. The first-order valence-electron chi connectivity index (χ1n) is 8.75. The van der Waals surface area contributed by atoms with E-state index in [1.165, 1.54) is 12.1 Å². The molecule has 0 aromatic heterocycles. The van der Waals surface area contributed by atoms with E-state index in [0.29, 0.717) is 18.5 Å². The Hall–Kier alpha value is -1.62. The highest BCUT2D eigenvalue weighted by molar-refractivity contribution is 5.78. The molecule has 132 valence electrons. The van der Waals surface area contributed by atoms with Gasteiger partial charge in [-0.2, -0.15) is 0 Å². The number of carbonyl (C=O) groups excluding carboxylic acids is 1. The van der Waals surface area contributed by atoms with Crippen LogP contribution in [0, 0.1) is 11.7 Å². The number of benzene rings is 1. The summed E-state index contributed by atoms with van der Waals surface area (Å²) in [5, 5.41) is 0. The lowest BCUT2D eigenvalue weighted by atomic mass is 9.89. The van der Waals surface area contributed by atoms with Crippen LogP contribution in [0.4, 0.5) is 10.1 Å². The first kappa shape index (κ1) is 17.2. The molecule has 2 aliphatic rings. The largest absolute Gasteiger partial charge is 0.363 e. The van der Waals surface area contributed by atoms with Gasteiger partial charge in [-0.3, -0.25) is 4.79 Å². The van der Waals surface area contributed by atoms with E-state index < -0.39 is 0 Å². The third-order valence-corrected chi connectivity index (χ3v) is 5.35. The van der Waals surface area contributed by atoms with Gasteiger partial charge in [0.2, 0.25) is 5.91 Å². The molecule has 0 spiro atoms. The van der Waals surface area contributed by atoms with Gasteiger partial charge in [0.1, 0.15) is 5.82 Å². The van der Waals surface area contributed by atoms with Crippen molar-refractivity contribution < 1.29 is 9.18 Å². The van der Waals surface area contributed by atoms with Gasteiger partial charge in [-0.1, -0.05) is 0 Å². The second-order valence-electron chi connectivity index (χ2n) is 8.06. The van der Waals surface area contributed by atoms with Crippen molar-refractivity contribution in [3.05, 3.63) is 30.1 Å². The summed E-state index contributed by atoms with van der Waals surface area (Å²) in [6.07, 6.45) is 2.03. The van der Waals surface area contributed by atoms with E-state index in [1.807, 2.05) is 36.0 Å². The Morgan fingerprint density at radius 2 is 1.96 bits per heavy atom. The third-order valence-electron chi connectivity index (χ3n) is 5.35. The summed E-state index contributed by atoms with van der Waals surface area (Å²) in [6, 6.07) is 7.25. The molecule has 3 rings (SSSR count). The zero-order valence-corrected chi connectivity index (χ0v) is 15.1. The van der Waals surface area contributed by atoms with E-state index in [4.69, 9.17) is 0 Å². The van der Waals surface area contributed by atoms with E-state index in [2.05, 4.69) is 18.7 Å². The number of likely N-dealkylation sites (tertiary alicyclic amines) is 1. The number of halogens is 1. The second-order valence-corrected chi connectivity index (χ2v) is 8.06. The minimum absolute atomic E-state index is 0.0216. The number of anilines is 1. The average molecular weight is 333 g/mol. The fourth-order valence-electron chi connectivity index (χ4n) is 4.49. The lowest BCUT2D eigenvalue weighted by Gasteiger charge is -2.42. The molecule has 24 heavy (non-hydrogen) atoms. The van der Waals surface area contributed by atoms with Crippen LogP contribution >= 0.6 is 0 Å². The van der Waals surface area contributed by atoms with Gasteiger partial charge in [-0.25, -0.2) is 4.39 Å². The van der Waals surface area contributed by atoms with Crippen LogP contribution in [0.5, 0.6) is 0 Å². The number of piperidine rings is 1. The van der Waals surface area contributed by atoms with E-state index in [9.17, 15) is 9.18 Å². The lowest BCUT2D eigenvalue weighted by molar-refractivity contribution is -0.133. The van der Waals surface area contributed by atoms with Gasteiger partial charge in [0.15, 0.2) is 0 Å². The van der Waals surface area contributed by atoms with Gasteiger partial charge in [-0.05, 0) is 71.0 Å². The SMILES string of the molecule is CN(C)CC(=O)N1CC[C@H]2[C@@H](C1)CC(C)(C)N2c1ccc(F)cc1. The quantitative estimate of drug-likeness (QED) is 0.851. The highest BCUT2D eigenvalue weighted by atomic mass is 19.1. The molecule has 2 atom stereocenters. The standard InChI is InChI=1S/C19H28FN3O/c1-19(2)11-14-12-22(18(24)13-21(3)4)10-9-17(14)23(19)16-7-5-15(20)6-8-16/h5-8,14,17H,9-13H2,1-4H3/t14-,17+/m1/s1. The lowest BCUT2D eigenvalue weighted by Crippen LogP contribution is -2.51. The topological polar surface area (TPSA) is 26.8 Å². The maximum absolute atomic E-state index is 13.3. The summed E-state index contributed by atoms with van der Waals surface area (Å²) in [5.41, 5.74) is 1.11. The van der Waals surface area contributed by atoms with Gasteiger partial charge in [0.05, 0.1) is 6.54 Å². The molecule has 2 saturated heterocycles. The Morgan fingerprint density at radius 3 is 2.58 bits per heavy atom. The van der Waals surface area contributed by atoms with Gasteiger partial charge in [0, 0.05) is 30.4 Å². The zero-order valence-electron chi connectivity index (χ0n) is 15.1. The number of hydrogen-bond acceptors (Lipinski definition) is 3. The highest BCUT2D eigenvalue weighted by Crippen LogP contribution is 2.44. The molecule has 2 fully saturated rings. The molecule has 5 heteroatoms.